The summed E-state index contributed by atoms with van der Waals surface area (Å²) in [6, 6.07) is 13.0. The molecule has 0 unspecified atom stereocenters. The summed E-state index contributed by atoms with van der Waals surface area (Å²) >= 11 is 7.53. The lowest BCUT2D eigenvalue weighted by Gasteiger charge is -2.04. The van der Waals surface area contributed by atoms with Crippen LogP contribution in [0.5, 0.6) is 0 Å². The van der Waals surface area contributed by atoms with Gasteiger partial charge in [0, 0.05) is 17.3 Å². The van der Waals surface area contributed by atoms with Crippen LogP contribution in [0.3, 0.4) is 0 Å². The van der Waals surface area contributed by atoms with Gasteiger partial charge < -0.3 is 9.73 Å². The Kier molecular flexibility index (Phi) is 5.59. The van der Waals surface area contributed by atoms with Crippen LogP contribution in [0.4, 0.5) is 16.6 Å². The van der Waals surface area contributed by atoms with Gasteiger partial charge in [-0.05, 0) is 23.8 Å². The summed E-state index contributed by atoms with van der Waals surface area (Å²) in [6.45, 7) is 0.817. The third kappa shape index (κ3) is 4.76. The molecule has 0 radical (unpaired) electrons. The van der Waals surface area contributed by atoms with Crippen molar-refractivity contribution in [2.24, 2.45) is 0 Å². The molecule has 11 nitrogen and oxygen atoms in total. The van der Waals surface area contributed by atoms with Crippen LogP contribution in [0.2, 0.25) is 5.02 Å². The summed E-state index contributed by atoms with van der Waals surface area (Å²) in [5, 5.41) is 32.5. The zero-order valence-corrected chi connectivity index (χ0v) is 18.4. The van der Waals surface area contributed by atoms with Crippen LogP contribution in [-0.2, 0) is 13.1 Å². The molecule has 1 N–H and O–H groups in total. The predicted octanol–water partition coefficient (Wildman–Crippen LogP) is 4.59. The molecule has 4 heterocycles. The van der Waals surface area contributed by atoms with Crippen LogP contribution < -0.4 is 5.32 Å². The summed E-state index contributed by atoms with van der Waals surface area (Å²) in [5.41, 5.74) is 0.904. The highest BCUT2D eigenvalue weighted by atomic mass is 35.5. The zero-order valence-electron chi connectivity index (χ0n) is 16.8. The molecule has 0 amide bonds. The first-order valence-electron chi connectivity index (χ1n) is 9.67. The van der Waals surface area contributed by atoms with Crippen molar-refractivity contribution in [1.82, 2.24) is 29.8 Å². The normalized spacial score (nSPS) is 11.1. The second kappa shape index (κ2) is 8.84. The summed E-state index contributed by atoms with van der Waals surface area (Å²) < 4.78 is 9.02. The molecule has 33 heavy (non-hydrogen) atoms. The topological polar surface area (TPSA) is 130 Å². The van der Waals surface area contributed by atoms with Crippen LogP contribution in [0.1, 0.15) is 11.3 Å². The lowest BCUT2D eigenvalue weighted by atomic mass is 10.2. The first-order chi connectivity index (χ1) is 16.0. The molecular weight excluding hydrogens is 468 g/mol. The Morgan fingerprint density at radius 2 is 2.00 bits per heavy atom. The van der Waals surface area contributed by atoms with Crippen molar-refractivity contribution in [3.8, 4) is 10.8 Å². The van der Waals surface area contributed by atoms with Crippen molar-refractivity contribution < 1.29 is 9.34 Å². The molecule has 5 rings (SSSR count). The van der Waals surface area contributed by atoms with Gasteiger partial charge in [-0.2, -0.15) is 10.2 Å². The SMILES string of the molecule is O=[N+]([O-])c1cnn(Cc2ccc(-c3nnc(Nc4ccn(Cc5ccccc5Cl)n4)s3)o2)c1. The maximum Gasteiger partial charge on any atom is 0.307 e. The Morgan fingerprint density at radius 1 is 1.12 bits per heavy atom. The molecule has 13 heteroatoms. The fourth-order valence-electron chi connectivity index (χ4n) is 3.07. The number of halogens is 1. The fourth-order valence-corrected chi connectivity index (χ4v) is 3.98. The van der Waals surface area contributed by atoms with Crippen molar-refractivity contribution in [2.45, 2.75) is 13.1 Å². The van der Waals surface area contributed by atoms with E-state index in [4.69, 9.17) is 16.0 Å². The molecule has 5 aromatic rings. The van der Waals surface area contributed by atoms with Crippen molar-refractivity contribution >= 4 is 39.6 Å². The molecule has 0 aliphatic carbocycles. The van der Waals surface area contributed by atoms with Crippen LogP contribution in [0.15, 0.2) is 65.5 Å². The monoisotopic (exact) mass is 482 g/mol. The highest BCUT2D eigenvalue weighted by Crippen LogP contribution is 2.29. The second-order valence-corrected chi connectivity index (χ2v) is 8.33. The van der Waals surface area contributed by atoms with Gasteiger partial charge in [0.1, 0.15) is 18.2 Å². The van der Waals surface area contributed by atoms with E-state index >= 15 is 0 Å². The molecule has 0 aliphatic rings. The molecular formula is C20H15ClN8O3S. The Bertz CT molecular complexity index is 1420. The predicted molar refractivity (Wildman–Crippen MR) is 122 cm³/mol. The van der Waals surface area contributed by atoms with Crippen LogP contribution in [-0.4, -0.2) is 34.7 Å². The van der Waals surface area contributed by atoms with Gasteiger partial charge in [-0.3, -0.25) is 19.5 Å². The minimum absolute atomic E-state index is 0.0732. The summed E-state index contributed by atoms with van der Waals surface area (Å²) in [4.78, 5) is 10.3. The van der Waals surface area contributed by atoms with Crippen LogP contribution >= 0.6 is 22.9 Å². The highest BCUT2D eigenvalue weighted by Gasteiger charge is 2.14. The largest absolute Gasteiger partial charge is 0.457 e. The van der Waals surface area contributed by atoms with E-state index in [0.717, 1.165) is 5.56 Å². The number of nitro groups is 1. The minimum Gasteiger partial charge on any atom is -0.457 e. The van der Waals surface area contributed by atoms with Crippen molar-refractivity contribution in [3.63, 3.8) is 0 Å². The number of nitrogens with zero attached hydrogens (tertiary/aromatic N) is 7. The molecule has 0 atom stereocenters. The number of anilines is 2. The van der Waals surface area contributed by atoms with E-state index < -0.39 is 4.92 Å². The fraction of sp³-hybridized carbons (Fsp3) is 0.100. The van der Waals surface area contributed by atoms with Crippen molar-refractivity contribution in [3.05, 3.63) is 87.5 Å². The summed E-state index contributed by atoms with van der Waals surface area (Å²) in [5.74, 6) is 1.76. The van der Waals surface area contributed by atoms with Gasteiger partial charge in [0.15, 0.2) is 16.6 Å². The number of aromatic nitrogens is 6. The third-order valence-corrected chi connectivity index (χ3v) is 5.83. The lowest BCUT2D eigenvalue weighted by molar-refractivity contribution is -0.385. The van der Waals surface area contributed by atoms with Crippen LogP contribution in [0, 0.1) is 10.1 Å². The van der Waals surface area contributed by atoms with Crippen molar-refractivity contribution in [1.29, 1.82) is 0 Å². The molecule has 0 spiro atoms. The van der Waals surface area contributed by atoms with Gasteiger partial charge in [0.2, 0.25) is 5.13 Å². The van der Waals surface area contributed by atoms with Gasteiger partial charge >= 0.3 is 5.69 Å². The molecule has 0 saturated heterocycles. The van der Waals surface area contributed by atoms with E-state index in [0.29, 0.717) is 39.0 Å². The maximum atomic E-state index is 10.8. The Balaban J connectivity index is 1.23. The van der Waals surface area contributed by atoms with E-state index in [9.17, 15) is 10.1 Å². The number of benzene rings is 1. The number of hydrogen-bond acceptors (Lipinski definition) is 9. The standard InChI is InChI=1S/C20H15ClN8O3S/c21-16-4-2-1-3-13(16)10-27-8-7-18(26-27)23-20-25-24-19(33-20)17-6-5-15(32-17)12-28-11-14(9-22-28)29(30)31/h1-9,11H,10,12H2,(H,23,25,26). The van der Waals surface area contributed by atoms with Gasteiger partial charge in [0.25, 0.3) is 0 Å². The van der Waals surface area contributed by atoms with Crippen LogP contribution in [0.25, 0.3) is 10.8 Å². The quantitative estimate of drug-likeness (QED) is 0.251. The first kappa shape index (κ1) is 20.8. The lowest BCUT2D eigenvalue weighted by Crippen LogP contribution is -2.01. The molecule has 0 aliphatic heterocycles. The molecule has 0 bridgehead atoms. The van der Waals surface area contributed by atoms with E-state index in [1.807, 2.05) is 36.5 Å². The van der Waals surface area contributed by atoms with E-state index in [-0.39, 0.29) is 12.2 Å². The Labute approximate surface area is 195 Å². The Hall–Kier alpha value is -4.03. The van der Waals surface area contributed by atoms with E-state index in [1.54, 1.807) is 16.8 Å². The number of nitrogens with one attached hydrogen (secondary N) is 1. The Morgan fingerprint density at radius 3 is 2.82 bits per heavy atom. The molecule has 166 valence electrons. The average molecular weight is 483 g/mol. The van der Waals surface area contributed by atoms with Crippen molar-refractivity contribution in [2.75, 3.05) is 5.32 Å². The zero-order chi connectivity index (χ0) is 22.8. The van der Waals surface area contributed by atoms with Gasteiger partial charge in [-0.15, -0.1) is 10.2 Å². The minimum atomic E-state index is -0.493. The third-order valence-electron chi connectivity index (χ3n) is 4.61. The van der Waals surface area contributed by atoms with E-state index in [1.165, 1.54) is 28.4 Å². The molecule has 1 aromatic carbocycles. The van der Waals surface area contributed by atoms with E-state index in [2.05, 4.69) is 25.7 Å². The second-order valence-electron chi connectivity index (χ2n) is 6.95. The highest BCUT2D eigenvalue weighted by molar-refractivity contribution is 7.18. The average Bonchev–Trinajstić information content (AvgIpc) is 3.58. The van der Waals surface area contributed by atoms with Gasteiger partial charge in [-0.25, -0.2) is 0 Å². The molecule has 4 aromatic heterocycles. The number of hydrogen-bond donors (Lipinski definition) is 1. The number of furan rings is 1. The van der Waals surface area contributed by atoms with Gasteiger partial charge in [0.05, 0.1) is 18.0 Å². The molecule has 0 saturated carbocycles. The number of rotatable bonds is 8. The summed E-state index contributed by atoms with van der Waals surface area (Å²) in [7, 11) is 0. The molecule has 0 fully saturated rings. The summed E-state index contributed by atoms with van der Waals surface area (Å²) in [6.07, 6.45) is 4.40. The van der Waals surface area contributed by atoms with Gasteiger partial charge in [-0.1, -0.05) is 41.1 Å². The maximum absolute atomic E-state index is 10.8. The first-order valence-corrected chi connectivity index (χ1v) is 10.9. The smallest absolute Gasteiger partial charge is 0.307 e.